The van der Waals surface area contributed by atoms with Crippen LogP contribution in [0.15, 0.2) is 54.9 Å². The third kappa shape index (κ3) is 7.15. The Bertz CT molecular complexity index is 1640. The molecule has 230 valence electrons. The van der Waals surface area contributed by atoms with E-state index in [0.29, 0.717) is 17.9 Å². The molecular weight excluding hydrogens is 583 g/mol. The summed E-state index contributed by atoms with van der Waals surface area (Å²) in [7, 11) is 0. The van der Waals surface area contributed by atoms with Crippen LogP contribution in [-0.2, 0) is 11.3 Å². The number of urea groups is 1. The van der Waals surface area contributed by atoms with Gasteiger partial charge in [0.1, 0.15) is 11.8 Å². The van der Waals surface area contributed by atoms with Crippen molar-refractivity contribution in [1.29, 1.82) is 0 Å². The number of carboxylic acids is 1. The first-order valence-corrected chi connectivity index (χ1v) is 15.8. The van der Waals surface area contributed by atoms with E-state index >= 15 is 0 Å². The van der Waals surface area contributed by atoms with Gasteiger partial charge in [0.2, 0.25) is 0 Å². The van der Waals surface area contributed by atoms with Crippen molar-refractivity contribution in [3.05, 3.63) is 66.2 Å². The third-order valence-corrected chi connectivity index (χ3v) is 9.04. The van der Waals surface area contributed by atoms with Crippen molar-refractivity contribution in [3.63, 3.8) is 0 Å². The number of fused-ring (bicyclic) bond motifs is 1. The maximum atomic E-state index is 14.9. The lowest BCUT2D eigenvalue weighted by atomic mass is 10.1. The number of anilines is 1. The van der Waals surface area contributed by atoms with Gasteiger partial charge in [-0.25, -0.2) is 9.18 Å². The highest BCUT2D eigenvalue weighted by Crippen LogP contribution is 2.39. The average molecular weight is 619 g/mol. The number of carbonyl (C=O) groups excluding carboxylic acids is 1. The molecule has 0 spiro atoms. The summed E-state index contributed by atoms with van der Waals surface area (Å²) in [6, 6.07) is 11.5. The molecule has 12 heteroatoms. The number of thiophene rings is 1. The summed E-state index contributed by atoms with van der Waals surface area (Å²) in [5.74, 6) is -0.790. The van der Waals surface area contributed by atoms with E-state index < -0.39 is 17.8 Å². The lowest BCUT2D eigenvalue weighted by Crippen LogP contribution is -2.52. The summed E-state index contributed by atoms with van der Waals surface area (Å²) in [5.41, 5.74) is 2.97. The Morgan fingerprint density at radius 2 is 1.91 bits per heavy atom. The minimum Gasteiger partial charge on any atom is -0.480 e. The van der Waals surface area contributed by atoms with Gasteiger partial charge in [-0.1, -0.05) is 19.4 Å². The average Bonchev–Trinajstić information content (AvgIpc) is 3.71. The lowest BCUT2D eigenvalue weighted by molar-refractivity contribution is -0.144. The highest BCUT2D eigenvalue weighted by molar-refractivity contribution is 7.22. The number of hydrogen-bond acceptors (Lipinski definition) is 8. The Morgan fingerprint density at radius 1 is 1.09 bits per heavy atom. The van der Waals surface area contributed by atoms with Gasteiger partial charge >= 0.3 is 12.0 Å². The smallest absolute Gasteiger partial charge is 0.320 e. The van der Waals surface area contributed by atoms with Gasteiger partial charge in [0, 0.05) is 69.0 Å². The van der Waals surface area contributed by atoms with E-state index in [-0.39, 0.29) is 17.8 Å². The largest absolute Gasteiger partial charge is 0.480 e. The Hall–Kier alpha value is -4.13. The molecule has 1 saturated carbocycles. The van der Waals surface area contributed by atoms with Crippen LogP contribution in [0.3, 0.4) is 0 Å². The van der Waals surface area contributed by atoms with Gasteiger partial charge < -0.3 is 20.5 Å². The van der Waals surface area contributed by atoms with Gasteiger partial charge in [-0.2, -0.15) is 0 Å². The molecule has 4 aromatic rings. The van der Waals surface area contributed by atoms with Gasteiger partial charge in [0.25, 0.3) is 0 Å². The van der Waals surface area contributed by atoms with Gasteiger partial charge in [-0.3, -0.25) is 24.6 Å². The number of nitrogens with one attached hydrogen (secondary N) is 2. The fourth-order valence-corrected chi connectivity index (χ4v) is 6.41. The number of aromatic nitrogens is 2. The zero-order valence-corrected chi connectivity index (χ0v) is 25.3. The Labute approximate surface area is 258 Å². The predicted molar refractivity (Wildman–Crippen MR) is 168 cm³/mol. The number of nitrogens with zero attached hydrogens (tertiary/aromatic N) is 4. The molecule has 0 radical (unpaired) electrons. The predicted octanol–water partition coefficient (Wildman–Crippen LogP) is 5.94. The maximum absolute atomic E-state index is 14.9. The first-order valence-electron chi connectivity index (χ1n) is 14.9. The van der Waals surface area contributed by atoms with E-state index in [1.54, 1.807) is 18.3 Å². The molecule has 44 heavy (non-hydrogen) atoms. The topological polar surface area (TPSA) is 120 Å². The number of carbonyl (C=O) groups is 2. The van der Waals surface area contributed by atoms with Gasteiger partial charge in [-0.05, 0) is 49.1 Å². The zero-order valence-electron chi connectivity index (χ0n) is 24.5. The second-order valence-corrected chi connectivity index (χ2v) is 12.3. The molecule has 1 aliphatic heterocycles. The van der Waals surface area contributed by atoms with Crippen LogP contribution in [0.25, 0.3) is 20.8 Å². The van der Waals surface area contributed by atoms with Crippen molar-refractivity contribution < 1.29 is 23.8 Å². The summed E-state index contributed by atoms with van der Waals surface area (Å²) in [6.07, 6.45) is 6.97. The second kappa shape index (κ2) is 13.2. The molecule has 2 fully saturated rings. The van der Waals surface area contributed by atoms with Crippen LogP contribution in [0.2, 0.25) is 0 Å². The standard InChI is InChI=1S/C32H35FN6O4S/c1-2-3-26(31(40)41)39-14-12-38(13-15-39)19-20-4-8-24(35-18-20)29-17-25-30(44-29)28(10-11-34-25)43-27-9-7-22(16-23(27)33)37-32(42)36-21-5-6-21/h4,7-11,16-18,21,26H,2-3,5-6,12-15,19H2,1H3,(H,40,41)(H2,36,37,42). The molecule has 1 unspecified atom stereocenters. The Kier molecular flexibility index (Phi) is 9.01. The van der Waals surface area contributed by atoms with Crippen LogP contribution < -0.4 is 15.4 Å². The molecule has 3 aromatic heterocycles. The summed E-state index contributed by atoms with van der Waals surface area (Å²) in [6.45, 7) is 5.88. The lowest BCUT2D eigenvalue weighted by Gasteiger charge is -2.37. The normalized spacial score (nSPS) is 16.5. The van der Waals surface area contributed by atoms with Crippen molar-refractivity contribution >= 4 is 39.2 Å². The second-order valence-electron chi connectivity index (χ2n) is 11.3. The van der Waals surface area contributed by atoms with Crippen molar-refractivity contribution in [1.82, 2.24) is 25.1 Å². The molecule has 4 heterocycles. The molecule has 1 atom stereocenters. The number of benzene rings is 1. The van der Waals surface area contributed by atoms with E-state index in [1.165, 1.54) is 23.5 Å². The first kappa shape index (κ1) is 29.9. The molecule has 2 aliphatic rings. The monoisotopic (exact) mass is 618 g/mol. The van der Waals surface area contributed by atoms with Crippen molar-refractivity contribution in [2.45, 2.75) is 51.2 Å². The minimum atomic E-state index is -0.736. The molecule has 6 rings (SSSR count). The molecule has 1 aliphatic carbocycles. The van der Waals surface area contributed by atoms with Crippen LogP contribution in [0.1, 0.15) is 38.2 Å². The number of hydrogen-bond donors (Lipinski definition) is 3. The molecule has 1 saturated heterocycles. The molecule has 1 aromatic carbocycles. The van der Waals surface area contributed by atoms with Gasteiger partial charge in [0.05, 0.1) is 20.8 Å². The molecule has 3 N–H and O–H groups in total. The minimum absolute atomic E-state index is 0.0488. The first-order chi connectivity index (χ1) is 21.4. The molecule has 10 nitrogen and oxygen atoms in total. The van der Waals surface area contributed by atoms with Crippen molar-refractivity contribution in [2.24, 2.45) is 0 Å². The molecule has 0 bridgehead atoms. The highest BCUT2D eigenvalue weighted by Gasteiger charge is 2.28. The van der Waals surface area contributed by atoms with Crippen molar-refractivity contribution in [3.8, 4) is 22.1 Å². The number of aliphatic carboxylic acids is 1. The SMILES string of the molecule is CCCC(C(=O)O)N1CCN(Cc2ccc(-c3cc4nccc(Oc5ccc(NC(=O)NC6CC6)cc5F)c4s3)nc2)CC1. The van der Waals surface area contributed by atoms with Crippen LogP contribution in [0.5, 0.6) is 11.5 Å². The van der Waals surface area contributed by atoms with E-state index in [2.05, 4.69) is 31.5 Å². The number of ether oxygens (including phenoxy) is 1. The number of carboxylic acid groups (broad SMARTS) is 1. The fraction of sp³-hybridized carbons (Fsp3) is 0.375. The number of halogens is 1. The number of rotatable bonds is 11. The molecular formula is C32H35FN6O4S. The fourth-order valence-electron chi connectivity index (χ4n) is 5.37. The highest BCUT2D eigenvalue weighted by atomic mass is 32.1. The van der Waals surface area contributed by atoms with Crippen LogP contribution >= 0.6 is 11.3 Å². The summed E-state index contributed by atoms with van der Waals surface area (Å²) >= 11 is 1.47. The summed E-state index contributed by atoms with van der Waals surface area (Å²) < 4.78 is 21.6. The Morgan fingerprint density at radius 3 is 2.59 bits per heavy atom. The summed E-state index contributed by atoms with van der Waals surface area (Å²) in [4.78, 5) is 38.1. The van der Waals surface area contributed by atoms with E-state index in [1.807, 2.05) is 25.3 Å². The zero-order chi connectivity index (χ0) is 30.6. The quantitative estimate of drug-likeness (QED) is 0.189. The number of amides is 2. The number of pyridine rings is 2. The summed E-state index contributed by atoms with van der Waals surface area (Å²) in [5, 5.41) is 15.0. The molecule has 2 amide bonds. The number of piperazine rings is 1. The van der Waals surface area contributed by atoms with Crippen LogP contribution in [-0.4, -0.2) is 75.1 Å². The van der Waals surface area contributed by atoms with E-state index in [4.69, 9.17) is 9.72 Å². The van der Waals surface area contributed by atoms with Crippen LogP contribution in [0.4, 0.5) is 14.9 Å². The van der Waals surface area contributed by atoms with Crippen molar-refractivity contribution in [2.75, 3.05) is 31.5 Å². The van der Waals surface area contributed by atoms with Gasteiger partial charge in [-0.15, -0.1) is 11.3 Å². The maximum Gasteiger partial charge on any atom is 0.320 e. The third-order valence-electron chi connectivity index (χ3n) is 7.88. The Balaban J connectivity index is 1.09. The van der Waals surface area contributed by atoms with E-state index in [9.17, 15) is 19.1 Å². The van der Waals surface area contributed by atoms with E-state index in [0.717, 1.165) is 78.3 Å². The van der Waals surface area contributed by atoms with Gasteiger partial charge in [0.15, 0.2) is 11.6 Å². The van der Waals surface area contributed by atoms with Crippen LogP contribution in [0, 0.1) is 5.82 Å².